The number of carboxylic acids is 1. The summed E-state index contributed by atoms with van der Waals surface area (Å²) in [6.07, 6.45) is 2.17. The monoisotopic (exact) mass is 183 g/mol. The van der Waals surface area contributed by atoms with E-state index in [0.717, 1.165) is 5.56 Å². The van der Waals surface area contributed by atoms with E-state index in [1.165, 1.54) is 0 Å². The molecule has 5 heteroatoms. The molecule has 0 saturated carbocycles. The van der Waals surface area contributed by atoms with Crippen LogP contribution in [0.1, 0.15) is 18.9 Å². The van der Waals surface area contributed by atoms with Crippen molar-refractivity contribution in [3.8, 4) is 0 Å². The number of aromatic nitrogens is 2. The third-order valence-electron chi connectivity index (χ3n) is 1.87. The maximum atomic E-state index is 10.3. The lowest BCUT2D eigenvalue weighted by atomic mass is 10.2. The smallest absolute Gasteiger partial charge is 0.303 e. The van der Waals surface area contributed by atoms with Gasteiger partial charge in [0.1, 0.15) is 5.82 Å². The number of aryl methyl sites for hydroxylation is 2. The molecular weight excluding hydrogens is 170 g/mol. The first kappa shape index (κ1) is 9.57. The second-order valence-corrected chi connectivity index (χ2v) is 2.76. The quantitative estimate of drug-likeness (QED) is 0.712. The molecule has 0 spiro atoms. The van der Waals surface area contributed by atoms with Gasteiger partial charge in [0.25, 0.3) is 0 Å². The SMILES string of the molecule is CCn1ncc(CCC(=O)O)c1N. The Labute approximate surface area is 76.2 Å². The first-order chi connectivity index (χ1) is 6.15. The number of nitrogen functional groups attached to an aromatic ring is 1. The summed E-state index contributed by atoms with van der Waals surface area (Å²) >= 11 is 0. The Kier molecular flexibility index (Phi) is 2.89. The van der Waals surface area contributed by atoms with Crippen molar-refractivity contribution in [1.29, 1.82) is 0 Å². The van der Waals surface area contributed by atoms with Gasteiger partial charge in [0.05, 0.1) is 6.20 Å². The summed E-state index contributed by atoms with van der Waals surface area (Å²) in [6, 6.07) is 0. The van der Waals surface area contributed by atoms with Gasteiger partial charge >= 0.3 is 5.97 Å². The minimum atomic E-state index is -0.816. The van der Waals surface area contributed by atoms with Gasteiger partial charge in [-0.1, -0.05) is 0 Å². The summed E-state index contributed by atoms with van der Waals surface area (Å²) in [7, 11) is 0. The standard InChI is InChI=1S/C8H13N3O2/c1-2-11-8(9)6(5-10-11)3-4-7(12)13/h5H,2-4,9H2,1H3,(H,12,13). The number of carboxylic acid groups (broad SMARTS) is 1. The maximum absolute atomic E-state index is 10.3. The van der Waals surface area contributed by atoms with Gasteiger partial charge in [-0.15, -0.1) is 0 Å². The molecule has 1 heterocycles. The first-order valence-electron chi connectivity index (χ1n) is 4.17. The van der Waals surface area contributed by atoms with Crippen LogP contribution in [0.5, 0.6) is 0 Å². The molecule has 13 heavy (non-hydrogen) atoms. The normalized spacial score (nSPS) is 10.2. The Bertz CT molecular complexity index is 306. The highest BCUT2D eigenvalue weighted by Crippen LogP contribution is 2.12. The van der Waals surface area contributed by atoms with E-state index in [1.54, 1.807) is 10.9 Å². The van der Waals surface area contributed by atoms with Gasteiger partial charge in [0.15, 0.2) is 0 Å². The van der Waals surface area contributed by atoms with Crippen LogP contribution in [0.3, 0.4) is 0 Å². The average Bonchev–Trinajstić information content (AvgIpc) is 2.43. The van der Waals surface area contributed by atoms with E-state index in [1.807, 2.05) is 6.92 Å². The van der Waals surface area contributed by atoms with Gasteiger partial charge < -0.3 is 10.8 Å². The lowest BCUT2D eigenvalue weighted by molar-refractivity contribution is -0.136. The highest BCUT2D eigenvalue weighted by atomic mass is 16.4. The Morgan fingerprint density at radius 2 is 2.46 bits per heavy atom. The van der Waals surface area contributed by atoms with E-state index in [4.69, 9.17) is 10.8 Å². The Morgan fingerprint density at radius 1 is 1.77 bits per heavy atom. The molecule has 1 aromatic rings. The minimum Gasteiger partial charge on any atom is -0.481 e. The van der Waals surface area contributed by atoms with E-state index >= 15 is 0 Å². The van der Waals surface area contributed by atoms with E-state index < -0.39 is 5.97 Å². The molecule has 0 aromatic carbocycles. The number of rotatable bonds is 4. The van der Waals surface area contributed by atoms with Crippen LogP contribution in [0.4, 0.5) is 5.82 Å². The van der Waals surface area contributed by atoms with Crippen molar-refractivity contribution in [2.24, 2.45) is 0 Å². The van der Waals surface area contributed by atoms with Crippen LogP contribution < -0.4 is 5.73 Å². The van der Waals surface area contributed by atoms with Crippen molar-refractivity contribution < 1.29 is 9.90 Å². The average molecular weight is 183 g/mol. The third-order valence-corrected chi connectivity index (χ3v) is 1.87. The number of aliphatic carboxylic acids is 1. The first-order valence-corrected chi connectivity index (χ1v) is 4.17. The van der Waals surface area contributed by atoms with Gasteiger partial charge in [-0.25, -0.2) is 0 Å². The molecule has 0 fully saturated rings. The number of nitrogens with zero attached hydrogens (tertiary/aromatic N) is 2. The molecule has 3 N–H and O–H groups in total. The van der Waals surface area contributed by atoms with Gasteiger partial charge in [0, 0.05) is 18.5 Å². The highest BCUT2D eigenvalue weighted by Gasteiger charge is 2.07. The van der Waals surface area contributed by atoms with Crippen molar-refractivity contribution in [3.63, 3.8) is 0 Å². The fourth-order valence-corrected chi connectivity index (χ4v) is 1.12. The van der Waals surface area contributed by atoms with Crippen LogP contribution in [0.2, 0.25) is 0 Å². The van der Waals surface area contributed by atoms with Gasteiger partial charge in [0.2, 0.25) is 0 Å². The summed E-state index contributed by atoms with van der Waals surface area (Å²) in [4.78, 5) is 10.3. The predicted octanol–water partition coefficient (Wildman–Crippen LogP) is 0.502. The van der Waals surface area contributed by atoms with Crippen LogP contribution in [0.15, 0.2) is 6.20 Å². The maximum Gasteiger partial charge on any atom is 0.303 e. The van der Waals surface area contributed by atoms with Crippen LogP contribution in [-0.2, 0) is 17.8 Å². The van der Waals surface area contributed by atoms with Gasteiger partial charge in [-0.05, 0) is 13.3 Å². The summed E-state index contributed by atoms with van der Waals surface area (Å²) in [5, 5.41) is 12.5. The fourth-order valence-electron chi connectivity index (χ4n) is 1.12. The predicted molar refractivity (Wildman–Crippen MR) is 48.3 cm³/mol. The molecule has 0 atom stereocenters. The largest absolute Gasteiger partial charge is 0.481 e. The molecule has 0 amide bonds. The zero-order valence-electron chi connectivity index (χ0n) is 7.53. The van der Waals surface area contributed by atoms with Crippen molar-refractivity contribution in [2.75, 3.05) is 5.73 Å². The molecule has 5 nitrogen and oxygen atoms in total. The zero-order chi connectivity index (χ0) is 9.84. The molecule has 0 unspecified atom stereocenters. The van der Waals surface area contributed by atoms with Crippen molar-refractivity contribution in [3.05, 3.63) is 11.8 Å². The summed E-state index contributed by atoms with van der Waals surface area (Å²) in [5.41, 5.74) is 6.52. The third kappa shape index (κ3) is 2.21. The lowest BCUT2D eigenvalue weighted by Gasteiger charge is -2.00. The Hall–Kier alpha value is -1.52. The number of hydrogen-bond acceptors (Lipinski definition) is 3. The zero-order valence-corrected chi connectivity index (χ0v) is 7.53. The molecular formula is C8H13N3O2. The van der Waals surface area contributed by atoms with Crippen molar-refractivity contribution in [1.82, 2.24) is 9.78 Å². The minimum absolute atomic E-state index is 0.0968. The lowest BCUT2D eigenvalue weighted by Crippen LogP contribution is -2.04. The van der Waals surface area contributed by atoms with Crippen LogP contribution in [0.25, 0.3) is 0 Å². The topological polar surface area (TPSA) is 81.1 Å². The molecule has 1 aromatic heterocycles. The fraction of sp³-hybridized carbons (Fsp3) is 0.500. The number of nitrogens with two attached hydrogens (primary N) is 1. The second-order valence-electron chi connectivity index (χ2n) is 2.76. The summed E-state index contributed by atoms with van der Waals surface area (Å²) in [6.45, 7) is 2.64. The van der Waals surface area contributed by atoms with Gasteiger partial charge in [-0.3, -0.25) is 9.48 Å². The number of carbonyl (C=O) groups is 1. The molecule has 0 radical (unpaired) electrons. The number of hydrogen-bond donors (Lipinski definition) is 2. The van der Waals surface area contributed by atoms with Crippen LogP contribution in [0, 0.1) is 0 Å². The van der Waals surface area contributed by atoms with Crippen molar-refractivity contribution in [2.45, 2.75) is 26.3 Å². The van der Waals surface area contributed by atoms with E-state index in [2.05, 4.69) is 5.10 Å². The summed E-state index contributed by atoms with van der Waals surface area (Å²) < 4.78 is 1.65. The molecule has 0 aliphatic rings. The van der Waals surface area contributed by atoms with Crippen LogP contribution in [-0.4, -0.2) is 20.9 Å². The molecule has 1 rings (SSSR count). The van der Waals surface area contributed by atoms with Crippen molar-refractivity contribution >= 4 is 11.8 Å². The molecule has 0 aliphatic carbocycles. The number of anilines is 1. The molecule has 0 bridgehead atoms. The van der Waals surface area contributed by atoms with E-state index in [-0.39, 0.29) is 6.42 Å². The summed E-state index contributed by atoms with van der Waals surface area (Å²) in [5.74, 6) is -0.243. The highest BCUT2D eigenvalue weighted by molar-refractivity contribution is 5.67. The molecule has 0 aliphatic heterocycles. The van der Waals surface area contributed by atoms with E-state index in [9.17, 15) is 4.79 Å². The second kappa shape index (κ2) is 3.93. The van der Waals surface area contributed by atoms with Gasteiger partial charge in [-0.2, -0.15) is 5.10 Å². The van der Waals surface area contributed by atoms with E-state index in [0.29, 0.717) is 18.8 Å². The van der Waals surface area contributed by atoms with Crippen LogP contribution >= 0.6 is 0 Å². The molecule has 72 valence electrons. The Balaban J connectivity index is 2.67. The Morgan fingerprint density at radius 3 is 2.92 bits per heavy atom. The molecule has 0 saturated heterocycles.